The SMILES string of the molecule is Brc1cc(Br)c(OCCCCCOc2c(Br)cc(Br)cc2CC2CO2)c(CC2CO2)c1.Brc1cc(Br)c(OCCCOc2c(Br)cc(Br)cc2CC2CO2)c(CC2CO2)c1.Brc1cccc(CC2CO2)c1OCCCCCOc1c(Br)cccc1CC1CO1.Clc1cc(Cl)c(OCCCCCOc2c(Cl)cc(Cl)cc2CC2CO2)c(CC2CO2)c1.Clc1cccc(CC2CO2)c1OCCCCCOc1c(Cl)cccc1CC1CO1. The quantitative estimate of drug-likeness (QED) is 0.0256. The summed E-state index contributed by atoms with van der Waals surface area (Å²) in [6, 6.07) is 47.9. The van der Waals surface area contributed by atoms with Gasteiger partial charge in [-0.25, -0.2) is 0 Å². The molecule has 0 saturated carbocycles. The summed E-state index contributed by atoms with van der Waals surface area (Å²) in [5, 5.41) is 3.62. The summed E-state index contributed by atoms with van der Waals surface area (Å²) in [6.07, 6.45) is 24.2. The number of epoxide rings is 10. The second kappa shape index (κ2) is 60.5. The second-order valence-corrected chi connectivity index (χ2v) is 49.1. The molecule has 0 amide bonds. The molecule has 10 aliphatic heterocycles. The van der Waals surface area contributed by atoms with E-state index in [0.29, 0.717) is 157 Å². The van der Waals surface area contributed by atoms with Crippen LogP contribution in [0, 0.1) is 0 Å². The van der Waals surface area contributed by atoms with Crippen LogP contribution in [0.15, 0.2) is 190 Å². The van der Waals surface area contributed by atoms with Crippen LogP contribution in [0.25, 0.3) is 0 Å². The van der Waals surface area contributed by atoms with Gasteiger partial charge in [-0.2, -0.15) is 0 Å². The number of ether oxygens (including phenoxy) is 20. The maximum absolute atomic E-state index is 6.35. The number of halogens is 16. The van der Waals surface area contributed by atoms with Gasteiger partial charge in [0.05, 0.1) is 240 Å². The molecule has 20 nitrogen and oxygen atoms in total. The van der Waals surface area contributed by atoms with Crippen molar-refractivity contribution in [3.8, 4) is 57.5 Å². The van der Waals surface area contributed by atoms with Crippen molar-refractivity contribution >= 4 is 229 Å². The minimum Gasteiger partial charge on any atom is -0.492 e. The molecule has 20 rings (SSSR count). The van der Waals surface area contributed by atoms with Gasteiger partial charge in [0, 0.05) is 98.6 Å². The fraction of sp³-hybridized carbons (Fsp3) is 0.469. The molecule has 10 fully saturated rings. The molecule has 10 aromatic carbocycles. The summed E-state index contributed by atoms with van der Waals surface area (Å²) < 4.78 is 124. The maximum Gasteiger partial charge on any atom is 0.141 e. The van der Waals surface area contributed by atoms with E-state index >= 15 is 0 Å². The monoisotopic (exact) mass is 2800 g/mol. The van der Waals surface area contributed by atoms with Crippen molar-refractivity contribution in [3.05, 3.63) is 276 Å². The summed E-state index contributed by atoms with van der Waals surface area (Å²) in [4.78, 5) is 0. The van der Waals surface area contributed by atoms with Gasteiger partial charge in [-0.1, -0.05) is 182 Å². The van der Waals surface area contributed by atoms with Crippen LogP contribution in [0.5, 0.6) is 57.5 Å². The molecule has 10 saturated heterocycles. The van der Waals surface area contributed by atoms with Gasteiger partial charge >= 0.3 is 0 Å². The third-order valence-corrected chi connectivity index (χ3v) is 32.1. The van der Waals surface area contributed by atoms with Crippen LogP contribution in [-0.2, 0) is 112 Å². The fourth-order valence-corrected chi connectivity index (χ4v) is 25.1. The molecule has 10 heterocycles. The van der Waals surface area contributed by atoms with Crippen molar-refractivity contribution in [1.29, 1.82) is 0 Å². The van der Waals surface area contributed by atoms with E-state index in [4.69, 9.17) is 164 Å². The van der Waals surface area contributed by atoms with Crippen molar-refractivity contribution in [3.63, 3.8) is 0 Å². The highest BCUT2D eigenvalue weighted by molar-refractivity contribution is 9.12. The van der Waals surface area contributed by atoms with Gasteiger partial charge in [0.2, 0.25) is 0 Å². The Kier molecular flexibility index (Phi) is 47.9. The first-order valence-electron chi connectivity index (χ1n) is 50.8. The van der Waals surface area contributed by atoms with Crippen LogP contribution in [0.4, 0.5) is 0 Å². The molecule has 0 spiro atoms. The Bertz CT molecular complexity index is 5390. The fourth-order valence-electron chi connectivity index (χ4n) is 16.7. The average molecular weight is 2810 g/mol. The third kappa shape index (κ3) is 41.2. The van der Waals surface area contributed by atoms with Crippen molar-refractivity contribution in [2.75, 3.05) is 132 Å². The molecular formula is C113H120Br10Cl6O20. The standard InChI is InChI=1S/C23H24Br4O4.C23H26Br2O4.C23H24Cl4O4.C23H26Cl2O4.C21H20Br4O4/c24-16-6-14(8-18-12-30-18)22(20(26)10-16)28-4-2-1-3-5-29-23-15(9-19-13-31-19)7-17(25)11-21(23)27;24-20-8-4-6-16(12-18-14-28-18)22(20)26-10-2-1-3-11-27-23-17(13-19-15-29-19)7-5-9-21(23)25;24-16-6-14(8-18-12-30-18)22(20(26)10-16)28-4-2-1-3-5-29-23-15(9-19-13-31-19)7-17(25)11-21(23)27;24-20-8-4-6-16(12-18-14-28-18)22(20)26-10-2-1-3-11-27-23-17(13-19-15-29-19)7-5-9-21(23)25;22-14-4-12(6-16-10-28-16)20(18(24)8-14)26-2-1-3-27-21-13(7-17-11-29-17)5-15(23)9-19(21)25/h6-7,10-11,18-19H,1-5,8-9,12-13H2;4-9,18-19H,1-3,10-15H2;6-7,10-11,18-19H,1-5,8-9,12-13H2;4-9,18-19H,1-3,10-15H2;4-5,8-9,16-17H,1-3,6-7,10-11H2. The summed E-state index contributed by atoms with van der Waals surface area (Å²) >= 11 is 73.6. The van der Waals surface area contributed by atoms with Crippen molar-refractivity contribution in [1.82, 2.24) is 0 Å². The number of rotatable bonds is 58. The van der Waals surface area contributed by atoms with E-state index in [1.807, 2.05) is 72.8 Å². The molecule has 0 radical (unpaired) electrons. The normalized spacial score (nSPS) is 19.6. The second-order valence-electron chi connectivity index (χ2n) is 37.8. The molecular weight excluding hydrogens is 2690 g/mol. The predicted octanol–water partition coefficient (Wildman–Crippen LogP) is 31.8. The third-order valence-electron chi connectivity index (χ3n) is 25.1. The molecule has 149 heavy (non-hydrogen) atoms. The number of hydrogen-bond acceptors (Lipinski definition) is 20. The van der Waals surface area contributed by atoms with Crippen LogP contribution in [-0.4, -0.2) is 193 Å². The summed E-state index contributed by atoms with van der Waals surface area (Å²) in [6.45, 7) is 14.6. The number of hydrogen-bond donors (Lipinski definition) is 0. The largest absolute Gasteiger partial charge is 0.492 e. The van der Waals surface area contributed by atoms with Gasteiger partial charge < -0.3 is 94.7 Å². The Balaban J connectivity index is 0.000000133. The summed E-state index contributed by atoms with van der Waals surface area (Å²) in [5.41, 5.74) is 11.3. The van der Waals surface area contributed by atoms with Gasteiger partial charge in [0.15, 0.2) is 0 Å². The van der Waals surface area contributed by atoms with Crippen LogP contribution in [0.1, 0.15) is 139 Å². The number of benzene rings is 10. The Morgan fingerprint density at radius 2 is 0.356 bits per heavy atom. The first-order chi connectivity index (χ1) is 72.4. The number of para-hydroxylation sites is 4. The predicted molar refractivity (Wildman–Crippen MR) is 621 cm³/mol. The molecule has 0 aliphatic carbocycles. The molecule has 10 aliphatic rings. The summed E-state index contributed by atoms with van der Waals surface area (Å²) in [5.74, 6) is 8.56. The highest BCUT2D eigenvalue weighted by Gasteiger charge is 2.35. The van der Waals surface area contributed by atoms with Crippen LogP contribution in [0.3, 0.4) is 0 Å². The lowest BCUT2D eigenvalue weighted by atomic mass is 10.1. The number of unbranched alkanes of at least 4 members (excludes halogenated alkanes) is 8. The van der Waals surface area contributed by atoms with E-state index in [1.165, 1.54) is 22.3 Å². The molecule has 10 aromatic rings. The van der Waals surface area contributed by atoms with E-state index in [-0.39, 0.29) is 12.2 Å². The zero-order valence-corrected chi connectivity index (χ0v) is 103. The van der Waals surface area contributed by atoms with Gasteiger partial charge in [0.25, 0.3) is 0 Å². The average Bonchev–Trinajstić information content (AvgIpc) is 1.65. The van der Waals surface area contributed by atoms with Crippen LogP contribution in [0.2, 0.25) is 30.1 Å². The molecule has 10 atom stereocenters. The topological polar surface area (TPSA) is 218 Å². The first-order valence-corrected chi connectivity index (χ1v) is 61.0. The highest BCUT2D eigenvalue weighted by atomic mass is 79.9. The first kappa shape index (κ1) is 118. The smallest absolute Gasteiger partial charge is 0.141 e. The van der Waals surface area contributed by atoms with Gasteiger partial charge in [0.1, 0.15) is 57.5 Å². The van der Waals surface area contributed by atoms with Gasteiger partial charge in [-0.05, 0) is 325 Å². The van der Waals surface area contributed by atoms with Gasteiger partial charge in [-0.15, -0.1) is 0 Å². The minimum atomic E-state index is 0.241. The lowest BCUT2D eigenvalue weighted by Gasteiger charge is -2.16. The van der Waals surface area contributed by atoms with E-state index in [0.717, 1.165) is 338 Å². The van der Waals surface area contributed by atoms with E-state index in [1.54, 1.807) is 12.1 Å². The van der Waals surface area contributed by atoms with E-state index in [2.05, 4.69) is 220 Å². The van der Waals surface area contributed by atoms with E-state index in [9.17, 15) is 0 Å². The molecule has 0 N–H and O–H groups in total. The Hall–Kier alpha value is -3.66. The van der Waals surface area contributed by atoms with Crippen molar-refractivity contribution in [2.24, 2.45) is 0 Å². The zero-order valence-electron chi connectivity index (χ0n) is 82.2. The Labute approximate surface area is 987 Å². The van der Waals surface area contributed by atoms with Crippen molar-refractivity contribution < 1.29 is 94.7 Å². The van der Waals surface area contributed by atoms with Crippen LogP contribution < -0.4 is 47.4 Å². The zero-order chi connectivity index (χ0) is 104. The lowest BCUT2D eigenvalue weighted by Crippen LogP contribution is -2.09. The molecule has 10 unspecified atom stereocenters. The summed E-state index contributed by atoms with van der Waals surface area (Å²) in [7, 11) is 0. The minimum absolute atomic E-state index is 0.241. The maximum atomic E-state index is 6.35. The van der Waals surface area contributed by atoms with Crippen molar-refractivity contribution in [2.45, 2.75) is 209 Å². The highest BCUT2D eigenvalue weighted by Crippen LogP contribution is 2.45. The Morgan fingerprint density at radius 1 is 0.181 bits per heavy atom. The van der Waals surface area contributed by atoms with E-state index < -0.39 is 0 Å². The van der Waals surface area contributed by atoms with Gasteiger partial charge in [-0.3, -0.25) is 0 Å². The van der Waals surface area contributed by atoms with Crippen LogP contribution >= 0.6 is 229 Å². The Morgan fingerprint density at radius 3 is 0.577 bits per heavy atom. The molecule has 804 valence electrons. The molecule has 0 aromatic heterocycles. The molecule has 0 bridgehead atoms. The molecule has 36 heteroatoms. The lowest BCUT2D eigenvalue weighted by molar-refractivity contribution is 0.242.